The van der Waals surface area contributed by atoms with Crippen molar-refractivity contribution in [1.29, 1.82) is 0 Å². The number of nitrogens with zero attached hydrogens (tertiary/aromatic N) is 5. The highest BCUT2D eigenvalue weighted by Gasteiger charge is 2.41. The van der Waals surface area contributed by atoms with Gasteiger partial charge in [-0.15, -0.1) is 5.10 Å². The van der Waals surface area contributed by atoms with Gasteiger partial charge in [0.25, 0.3) is 0 Å². The van der Waals surface area contributed by atoms with Crippen molar-refractivity contribution < 1.29 is 14.2 Å². The maximum absolute atomic E-state index is 15.1. The molecule has 9 heteroatoms. The number of rotatable bonds is 5. The summed E-state index contributed by atoms with van der Waals surface area (Å²) in [4.78, 5) is 10.9. The van der Waals surface area contributed by atoms with Crippen LogP contribution in [-0.2, 0) is 0 Å². The average Bonchev–Trinajstić information content (AvgIpc) is 2.86. The normalized spacial score (nSPS) is 24.3. The predicted octanol–water partition coefficient (Wildman–Crippen LogP) is 3.37. The SMILES string of the molecule is COc1cc(-c2ccc(-c3cnc(N(C)[C@H]4CC5CCCC(N5)[C@H]4F)cn3)c(O)c2)cnn1. The van der Waals surface area contributed by atoms with Crippen LogP contribution in [0, 0.1) is 0 Å². The van der Waals surface area contributed by atoms with E-state index < -0.39 is 6.17 Å². The lowest BCUT2D eigenvalue weighted by atomic mass is 9.82. The van der Waals surface area contributed by atoms with Crippen LogP contribution in [0.1, 0.15) is 25.7 Å². The van der Waals surface area contributed by atoms with Crippen LogP contribution in [0.3, 0.4) is 0 Å². The molecule has 0 aliphatic carbocycles. The van der Waals surface area contributed by atoms with Crippen LogP contribution in [0.2, 0.25) is 0 Å². The molecule has 172 valence electrons. The molecule has 5 rings (SSSR count). The van der Waals surface area contributed by atoms with Crippen LogP contribution < -0.4 is 15.0 Å². The summed E-state index contributed by atoms with van der Waals surface area (Å²) in [6, 6.07) is 7.11. The highest BCUT2D eigenvalue weighted by molar-refractivity contribution is 5.74. The molecule has 33 heavy (non-hydrogen) atoms. The third-order valence-corrected chi connectivity index (χ3v) is 6.74. The van der Waals surface area contributed by atoms with Crippen molar-refractivity contribution in [3.8, 4) is 34.0 Å². The van der Waals surface area contributed by atoms with Gasteiger partial charge in [0.05, 0.1) is 37.4 Å². The monoisotopic (exact) mass is 450 g/mol. The van der Waals surface area contributed by atoms with Gasteiger partial charge >= 0.3 is 0 Å². The van der Waals surface area contributed by atoms with Gasteiger partial charge in [0, 0.05) is 36.3 Å². The first-order valence-electron chi connectivity index (χ1n) is 11.2. The molecule has 0 saturated carbocycles. The number of aromatic hydroxyl groups is 1. The first-order valence-corrected chi connectivity index (χ1v) is 11.2. The second-order valence-corrected chi connectivity index (χ2v) is 8.74. The van der Waals surface area contributed by atoms with Crippen molar-refractivity contribution >= 4 is 5.82 Å². The van der Waals surface area contributed by atoms with Crippen LogP contribution in [-0.4, -0.2) is 63.7 Å². The lowest BCUT2D eigenvalue weighted by Crippen LogP contribution is -2.61. The van der Waals surface area contributed by atoms with Gasteiger partial charge in [0.15, 0.2) is 0 Å². The zero-order valence-corrected chi connectivity index (χ0v) is 18.6. The Bertz CT molecular complexity index is 1130. The molecule has 2 N–H and O–H groups in total. The number of hydrogen-bond donors (Lipinski definition) is 2. The van der Waals surface area contributed by atoms with E-state index in [1.165, 1.54) is 7.11 Å². The molecular weight excluding hydrogens is 423 g/mol. The van der Waals surface area contributed by atoms with Crippen molar-refractivity contribution in [2.75, 3.05) is 19.1 Å². The summed E-state index contributed by atoms with van der Waals surface area (Å²) in [5, 5.41) is 21.8. The van der Waals surface area contributed by atoms with E-state index >= 15 is 4.39 Å². The molecule has 0 amide bonds. The third-order valence-electron chi connectivity index (χ3n) is 6.74. The molecule has 0 radical (unpaired) electrons. The fourth-order valence-electron chi connectivity index (χ4n) is 4.90. The number of aromatic nitrogens is 4. The number of nitrogens with one attached hydrogen (secondary N) is 1. The number of fused-ring (bicyclic) bond motifs is 2. The zero-order valence-electron chi connectivity index (χ0n) is 18.6. The Balaban J connectivity index is 1.35. The first-order chi connectivity index (χ1) is 16.0. The molecule has 3 aromatic rings. The Labute approximate surface area is 191 Å². The molecule has 8 nitrogen and oxygen atoms in total. The minimum Gasteiger partial charge on any atom is -0.507 e. The van der Waals surface area contributed by atoms with E-state index in [2.05, 4.69) is 25.5 Å². The van der Waals surface area contributed by atoms with Crippen molar-refractivity contribution in [2.24, 2.45) is 0 Å². The number of methoxy groups -OCH3 is 1. The first kappa shape index (κ1) is 21.5. The van der Waals surface area contributed by atoms with Crippen molar-refractivity contribution in [1.82, 2.24) is 25.5 Å². The minimum atomic E-state index is -0.939. The Morgan fingerprint density at radius 2 is 2.00 bits per heavy atom. The maximum Gasteiger partial charge on any atom is 0.233 e. The summed E-state index contributed by atoms with van der Waals surface area (Å²) in [5.74, 6) is 1.10. The van der Waals surface area contributed by atoms with Crippen LogP contribution >= 0.6 is 0 Å². The molecule has 2 fully saturated rings. The summed E-state index contributed by atoms with van der Waals surface area (Å²) in [5.41, 5.74) is 2.66. The second-order valence-electron chi connectivity index (χ2n) is 8.74. The number of phenols is 1. The molecule has 2 unspecified atom stereocenters. The average molecular weight is 451 g/mol. The number of hydrogen-bond acceptors (Lipinski definition) is 8. The molecule has 0 spiro atoms. The van der Waals surface area contributed by atoms with Crippen LogP contribution in [0.15, 0.2) is 42.9 Å². The molecule has 2 aromatic heterocycles. The molecule has 2 aliphatic rings. The van der Waals surface area contributed by atoms with Crippen molar-refractivity contribution in [2.45, 2.75) is 50.0 Å². The van der Waals surface area contributed by atoms with Crippen molar-refractivity contribution in [3.63, 3.8) is 0 Å². The van der Waals surface area contributed by atoms with Gasteiger partial charge in [-0.2, -0.15) is 5.10 Å². The van der Waals surface area contributed by atoms with E-state index in [1.54, 1.807) is 36.8 Å². The second kappa shape index (κ2) is 8.90. The highest BCUT2D eigenvalue weighted by Crippen LogP contribution is 2.34. The maximum atomic E-state index is 15.1. The molecular formula is C24H27FN6O2. The van der Waals surface area contributed by atoms with Gasteiger partial charge in [-0.25, -0.2) is 9.37 Å². The van der Waals surface area contributed by atoms with E-state index in [0.29, 0.717) is 29.0 Å². The number of phenolic OH excluding ortho intramolecular Hbond substituents is 1. The van der Waals surface area contributed by atoms with Gasteiger partial charge in [-0.05, 0) is 37.0 Å². The summed E-state index contributed by atoms with van der Waals surface area (Å²) >= 11 is 0. The predicted molar refractivity (Wildman–Crippen MR) is 123 cm³/mol. The third kappa shape index (κ3) is 4.20. The number of anilines is 1. The molecule has 1 aromatic carbocycles. The van der Waals surface area contributed by atoms with Gasteiger partial charge in [0.2, 0.25) is 5.88 Å². The Hall–Kier alpha value is -3.33. The number of alkyl halides is 1. The van der Waals surface area contributed by atoms with Gasteiger partial charge < -0.3 is 20.1 Å². The highest BCUT2D eigenvalue weighted by atomic mass is 19.1. The van der Waals surface area contributed by atoms with Crippen LogP contribution in [0.5, 0.6) is 11.6 Å². The molecule has 4 atom stereocenters. The van der Waals surface area contributed by atoms with Gasteiger partial charge in [-0.1, -0.05) is 12.5 Å². The number of halogens is 1. The summed E-state index contributed by atoms with van der Waals surface area (Å²) in [6.07, 6.45) is 7.74. The Morgan fingerprint density at radius 1 is 1.12 bits per heavy atom. The Morgan fingerprint density at radius 3 is 2.76 bits per heavy atom. The van der Waals surface area contributed by atoms with E-state index in [0.717, 1.165) is 36.8 Å². The van der Waals surface area contributed by atoms with Gasteiger partial charge in [0.1, 0.15) is 17.7 Å². The standard InChI is InChI=1S/C24H27FN6O2/c1-31(20-10-16-4-3-5-18(29-16)24(20)25)22-13-26-19(12-27-22)17-7-6-14(8-21(17)32)15-9-23(33-2)30-28-11-15/h6-9,11-13,16,18,20,24,29,32H,3-5,10H2,1-2H3/t16?,18?,20-,24+/m0/s1. The number of ether oxygens (including phenoxy) is 1. The fourth-order valence-corrected chi connectivity index (χ4v) is 4.90. The number of piperidine rings is 2. The minimum absolute atomic E-state index is 0.0775. The van der Waals surface area contributed by atoms with E-state index in [-0.39, 0.29) is 17.8 Å². The Kier molecular flexibility index (Phi) is 5.80. The van der Waals surface area contributed by atoms with E-state index in [1.807, 2.05) is 18.0 Å². The topological polar surface area (TPSA) is 96.3 Å². The zero-order chi connectivity index (χ0) is 22.9. The number of benzene rings is 1. The lowest BCUT2D eigenvalue weighted by Gasteiger charge is -2.46. The largest absolute Gasteiger partial charge is 0.507 e. The van der Waals surface area contributed by atoms with E-state index in [4.69, 9.17) is 4.74 Å². The molecule has 2 bridgehead atoms. The summed E-state index contributed by atoms with van der Waals surface area (Å²) in [6.45, 7) is 0. The molecule has 2 saturated heterocycles. The summed E-state index contributed by atoms with van der Waals surface area (Å²) < 4.78 is 20.2. The molecule has 4 heterocycles. The quantitative estimate of drug-likeness (QED) is 0.611. The van der Waals surface area contributed by atoms with Crippen LogP contribution in [0.25, 0.3) is 22.4 Å². The smallest absolute Gasteiger partial charge is 0.233 e. The fraction of sp³-hybridized carbons (Fsp3) is 0.417. The van der Waals surface area contributed by atoms with Crippen LogP contribution in [0.4, 0.5) is 10.2 Å². The van der Waals surface area contributed by atoms with Crippen molar-refractivity contribution in [3.05, 3.63) is 42.9 Å². The van der Waals surface area contributed by atoms with Gasteiger partial charge in [-0.3, -0.25) is 4.98 Å². The molecule has 2 aliphatic heterocycles. The lowest BCUT2D eigenvalue weighted by molar-refractivity contribution is 0.107. The van der Waals surface area contributed by atoms with E-state index in [9.17, 15) is 5.11 Å². The summed E-state index contributed by atoms with van der Waals surface area (Å²) in [7, 11) is 3.41.